The molecule has 2 atom stereocenters. The fraction of sp³-hybridized carbons (Fsp3) is 0.619. The molecule has 2 aliphatic heterocycles. The van der Waals surface area contributed by atoms with Gasteiger partial charge in [0, 0.05) is 20.1 Å². The molecule has 33 heavy (non-hydrogen) atoms. The number of rotatable bonds is 4. The molecule has 2 unspecified atom stereocenters. The first-order valence-electron chi connectivity index (χ1n) is 11.8. The number of ether oxygens (including phenoxy) is 2. The number of pyridine rings is 1. The van der Waals surface area contributed by atoms with Crippen molar-refractivity contribution in [3.05, 3.63) is 16.1 Å². The van der Waals surface area contributed by atoms with Gasteiger partial charge in [0.1, 0.15) is 22.1 Å². The fourth-order valence-corrected chi connectivity index (χ4v) is 5.43. The molecule has 2 aromatic heterocycles. The van der Waals surface area contributed by atoms with Gasteiger partial charge in [0.15, 0.2) is 16.1 Å². The standard InChI is InChI=1S/C21H26Cl2FN5O3S/c1-20(2,3)32-19(30)29-11-6-7-21(29,10-31-4)9-28(8-11)17-12-14(25-18(27-17)33-5)13(24)16(23)26-15(12)22/h11H,6-10H2,1-5H3/i4D3. The number of hydrogen-bond acceptors (Lipinski definition) is 8. The van der Waals surface area contributed by atoms with Gasteiger partial charge in [0.2, 0.25) is 0 Å². The molecule has 180 valence electrons. The SMILES string of the molecule is [2H]C([2H])([2H])OCC12CCC(CN(c3nc(SC)nc4c(F)c(Cl)nc(Cl)c34)C1)N2C(=O)OC(C)(C)C. The average molecular weight is 521 g/mol. The van der Waals surface area contributed by atoms with Crippen LogP contribution < -0.4 is 4.90 Å². The van der Waals surface area contributed by atoms with E-state index in [9.17, 15) is 9.18 Å². The van der Waals surface area contributed by atoms with E-state index in [0.29, 0.717) is 30.4 Å². The smallest absolute Gasteiger partial charge is 0.411 e. The van der Waals surface area contributed by atoms with Gasteiger partial charge in [-0.2, -0.15) is 0 Å². The minimum atomic E-state index is -2.66. The van der Waals surface area contributed by atoms with Crippen molar-refractivity contribution in [2.45, 2.75) is 56.0 Å². The zero-order chi connectivity index (χ0) is 26.6. The van der Waals surface area contributed by atoms with Crippen molar-refractivity contribution in [1.82, 2.24) is 19.9 Å². The van der Waals surface area contributed by atoms with Gasteiger partial charge in [0.05, 0.1) is 27.7 Å². The van der Waals surface area contributed by atoms with Crippen LogP contribution in [0.15, 0.2) is 5.16 Å². The highest BCUT2D eigenvalue weighted by Crippen LogP contribution is 2.44. The van der Waals surface area contributed by atoms with Crippen LogP contribution in [0.5, 0.6) is 0 Å². The first kappa shape index (κ1) is 20.7. The molecule has 0 N–H and O–H groups in total. The van der Waals surface area contributed by atoms with Gasteiger partial charge in [-0.1, -0.05) is 35.0 Å². The van der Waals surface area contributed by atoms with Crippen LogP contribution >= 0.6 is 35.0 Å². The second-order valence-corrected chi connectivity index (χ2v) is 10.7. The molecule has 0 aliphatic carbocycles. The number of methoxy groups -OCH3 is 1. The van der Waals surface area contributed by atoms with Crippen LogP contribution in [0.25, 0.3) is 10.9 Å². The summed E-state index contributed by atoms with van der Waals surface area (Å²) >= 11 is 13.5. The molecule has 2 aliphatic rings. The van der Waals surface area contributed by atoms with Gasteiger partial charge < -0.3 is 14.4 Å². The van der Waals surface area contributed by atoms with E-state index < -0.39 is 35.2 Å². The molecule has 0 saturated carbocycles. The molecule has 2 bridgehead atoms. The fourth-order valence-electron chi connectivity index (χ4n) is 4.60. The Hall–Kier alpha value is -1.62. The van der Waals surface area contributed by atoms with E-state index in [0.717, 1.165) is 0 Å². The molecule has 0 spiro atoms. The van der Waals surface area contributed by atoms with Crippen LogP contribution in [0.3, 0.4) is 0 Å². The van der Waals surface area contributed by atoms with Crippen molar-refractivity contribution in [2.24, 2.45) is 0 Å². The highest BCUT2D eigenvalue weighted by Gasteiger charge is 2.55. The van der Waals surface area contributed by atoms with Gasteiger partial charge in [-0.3, -0.25) is 4.90 Å². The Kier molecular flexibility index (Phi) is 5.57. The van der Waals surface area contributed by atoms with E-state index in [1.165, 1.54) is 11.8 Å². The summed E-state index contributed by atoms with van der Waals surface area (Å²) in [7, 11) is -2.66. The highest BCUT2D eigenvalue weighted by atomic mass is 35.5. The van der Waals surface area contributed by atoms with E-state index in [4.69, 9.17) is 36.8 Å². The quantitative estimate of drug-likeness (QED) is 0.323. The number of carbonyl (C=O) groups is 1. The summed E-state index contributed by atoms with van der Waals surface area (Å²) in [5, 5.41) is 0.0214. The summed E-state index contributed by atoms with van der Waals surface area (Å²) in [5.74, 6) is -0.489. The average Bonchev–Trinajstić information content (AvgIpc) is 3.00. The van der Waals surface area contributed by atoms with Crippen molar-refractivity contribution in [1.29, 1.82) is 0 Å². The number of halogens is 3. The maximum Gasteiger partial charge on any atom is 0.411 e. The summed E-state index contributed by atoms with van der Waals surface area (Å²) < 4.78 is 48.5. The Labute approximate surface area is 210 Å². The number of hydrogen-bond donors (Lipinski definition) is 0. The number of nitrogens with zero attached hydrogens (tertiary/aromatic N) is 5. The summed E-state index contributed by atoms with van der Waals surface area (Å²) in [5.41, 5.74) is -1.84. The number of fused-ring (bicyclic) bond motifs is 3. The van der Waals surface area contributed by atoms with Crippen molar-refractivity contribution < 1.29 is 22.8 Å². The van der Waals surface area contributed by atoms with Gasteiger partial charge in [0.25, 0.3) is 0 Å². The Balaban J connectivity index is 1.81. The predicted molar refractivity (Wildman–Crippen MR) is 127 cm³/mol. The van der Waals surface area contributed by atoms with Crippen LogP contribution in [0.2, 0.25) is 10.3 Å². The molecule has 8 nitrogen and oxygen atoms in total. The van der Waals surface area contributed by atoms with Crippen molar-refractivity contribution in [2.75, 3.05) is 37.9 Å². The van der Waals surface area contributed by atoms with E-state index >= 15 is 0 Å². The van der Waals surface area contributed by atoms with Crippen molar-refractivity contribution >= 4 is 57.8 Å². The maximum absolute atomic E-state index is 14.9. The lowest BCUT2D eigenvalue weighted by Crippen LogP contribution is -2.66. The zero-order valence-corrected chi connectivity index (χ0v) is 20.9. The van der Waals surface area contributed by atoms with Gasteiger partial charge in [-0.15, -0.1) is 0 Å². The Morgan fingerprint density at radius 1 is 1.33 bits per heavy atom. The van der Waals surface area contributed by atoms with E-state index in [1.807, 2.05) is 4.90 Å². The number of thioether (sulfide) groups is 1. The third-order valence-corrected chi connectivity index (χ3v) is 6.88. The molecule has 4 heterocycles. The Morgan fingerprint density at radius 3 is 2.76 bits per heavy atom. The normalized spacial score (nSPS) is 24.6. The van der Waals surface area contributed by atoms with Crippen LogP contribution in [0, 0.1) is 5.82 Å². The number of anilines is 1. The lowest BCUT2D eigenvalue weighted by Gasteiger charge is -2.49. The lowest BCUT2D eigenvalue weighted by molar-refractivity contribution is -0.0261. The Bertz CT molecular complexity index is 1200. The van der Waals surface area contributed by atoms with Crippen LogP contribution in [-0.4, -0.2) is 76.1 Å². The molecular formula is C21H26Cl2FN5O3S. The van der Waals surface area contributed by atoms with Gasteiger partial charge in [-0.05, 0) is 39.9 Å². The summed E-state index contributed by atoms with van der Waals surface area (Å²) in [6, 6.07) is -0.333. The first-order valence-corrected chi connectivity index (χ1v) is 12.3. The summed E-state index contributed by atoms with van der Waals surface area (Å²) in [6.07, 6.45) is 2.27. The highest BCUT2D eigenvalue weighted by molar-refractivity contribution is 7.98. The molecule has 0 radical (unpaired) electrons. The number of carbonyl (C=O) groups excluding carboxylic acids is 1. The molecule has 2 fully saturated rings. The van der Waals surface area contributed by atoms with E-state index in [2.05, 4.69) is 15.0 Å². The van der Waals surface area contributed by atoms with Gasteiger partial charge in [-0.25, -0.2) is 24.1 Å². The minimum Gasteiger partial charge on any atom is -0.444 e. The molecule has 2 aromatic rings. The molecule has 2 saturated heterocycles. The number of aromatic nitrogens is 3. The number of piperazine rings is 1. The first-order chi connectivity index (χ1) is 16.6. The molecule has 1 amide bonds. The van der Waals surface area contributed by atoms with Crippen LogP contribution in [-0.2, 0) is 9.47 Å². The predicted octanol–water partition coefficient (Wildman–Crippen LogP) is 4.80. The molecular weight excluding hydrogens is 492 g/mol. The minimum absolute atomic E-state index is 0.0613. The second kappa shape index (κ2) is 8.87. The maximum atomic E-state index is 14.9. The monoisotopic (exact) mass is 520 g/mol. The van der Waals surface area contributed by atoms with E-state index in [-0.39, 0.29) is 35.2 Å². The van der Waals surface area contributed by atoms with Crippen molar-refractivity contribution in [3.63, 3.8) is 0 Å². The Morgan fingerprint density at radius 2 is 2.09 bits per heavy atom. The summed E-state index contributed by atoms with van der Waals surface area (Å²) in [6.45, 7) is 5.52. The third kappa shape index (κ3) is 4.42. The largest absolute Gasteiger partial charge is 0.444 e. The molecule has 4 rings (SSSR count). The van der Waals surface area contributed by atoms with Gasteiger partial charge >= 0.3 is 6.09 Å². The second-order valence-electron chi connectivity index (χ2n) is 9.20. The van der Waals surface area contributed by atoms with Crippen LogP contribution in [0.1, 0.15) is 37.7 Å². The van der Waals surface area contributed by atoms with E-state index in [1.54, 1.807) is 31.9 Å². The molecule has 12 heteroatoms. The molecule has 0 aromatic carbocycles. The number of amides is 1. The van der Waals surface area contributed by atoms with Crippen molar-refractivity contribution in [3.8, 4) is 0 Å². The topological polar surface area (TPSA) is 80.7 Å². The lowest BCUT2D eigenvalue weighted by atomic mass is 9.96. The van der Waals surface area contributed by atoms with Crippen LogP contribution in [0.4, 0.5) is 15.0 Å². The zero-order valence-electron chi connectivity index (χ0n) is 21.6. The third-order valence-electron chi connectivity index (χ3n) is 5.81. The summed E-state index contributed by atoms with van der Waals surface area (Å²) in [4.78, 5) is 29.5.